The second-order valence-corrected chi connectivity index (χ2v) is 3.66. The Labute approximate surface area is 79.4 Å². The highest BCUT2D eigenvalue weighted by molar-refractivity contribution is 9.10. The third-order valence-electron chi connectivity index (χ3n) is 1.52. The van der Waals surface area contributed by atoms with Gasteiger partial charge in [-0.25, -0.2) is 4.39 Å². The molecule has 0 fully saturated rings. The van der Waals surface area contributed by atoms with E-state index < -0.39 is 0 Å². The molecular formula is C9H10BrFO. The van der Waals surface area contributed by atoms with Gasteiger partial charge in [0.25, 0.3) is 0 Å². The molecule has 0 aliphatic heterocycles. The quantitative estimate of drug-likeness (QED) is 0.832. The van der Waals surface area contributed by atoms with Gasteiger partial charge in [0.15, 0.2) is 0 Å². The van der Waals surface area contributed by atoms with E-state index in [0.717, 1.165) is 5.56 Å². The Bertz CT molecular complexity index is 273. The molecule has 0 aromatic heterocycles. The van der Waals surface area contributed by atoms with Crippen LogP contribution in [0.3, 0.4) is 0 Å². The predicted octanol–water partition coefficient (Wildman–Crippen LogP) is 2.51. The molecule has 1 aromatic carbocycles. The zero-order valence-electron chi connectivity index (χ0n) is 6.72. The molecule has 0 saturated heterocycles. The van der Waals surface area contributed by atoms with Crippen LogP contribution < -0.4 is 0 Å². The van der Waals surface area contributed by atoms with Crippen molar-refractivity contribution in [1.82, 2.24) is 0 Å². The van der Waals surface area contributed by atoms with Gasteiger partial charge in [0.05, 0.1) is 10.6 Å². The third-order valence-corrected chi connectivity index (χ3v) is 2.12. The highest BCUT2D eigenvalue weighted by atomic mass is 79.9. The summed E-state index contributed by atoms with van der Waals surface area (Å²) >= 11 is 3.08. The van der Waals surface area contributed by atoms with E-state index in [0.29, 0.717) is 10.9 Å². The first kappa shape index (κ1) is 9.68. The molecule has 1 aromatic rings. The SMILES string of the molecule is C[C@H](O)Cc1ccc(F)c(Br)c1. The van der Waals surface area contributed by atoms with E-state index in [1.54, 1.807) is 19.1 Å². The smallest absolute Gasteiger partial charge is 0.137 e. The Morgan fingerprint density at radius 2 is 2.25 bits per heavy atom. The minimum Gasteiger partial charge on any atom is -0.393 e. The molecule has 0 bridgehead atoms. The van der Waals surface area contributed by atoms with Crippen LogP contribution >= 0.6 is 15.9 Å². The van der Waals surface area contributed by atoms with Crippen LogP contribution in [0.5, 0.6) is 0 Å². The molecule has 1 N–H and O–H groups in total. The van der Waals surface area contributed by atoms with Crippen LogP contribution in [-0.4, -0.2) is 11.2 Å². The average Bonchev–Trinajstić information content (AvgIpc) is 1.96. The first-order chi connectivity index (χ1) is 5.59. The normalized spacial score (nSPS) is 13.0. The maximum Gasteiger partial charge on any atom is 0.137 e. The van der Waals surface area contributed by atoms with Crippen LogP contribution in [0.15, 0.2) is 22.7 Å². The Hall–Kier alpha value is -0.410. The lowest BCUT2D eigenvalue weighted by molar-refractivity contribution is 0.195. The molecule has 1 atom stereocenters. The monoisotopic (exact) mass is 232 g/mol. The molecule has 1 nitrogen and oxygen atoms in total. The first-order valence-electron chi connectivity index (χ1n) is 3.71. The lowest BCUT2D eigenvalue weighted by Gasteiger charge is -2.04. The number of aliphatic hydroxyl groups excluding tert-OH is 1. The van der Waals surface area contributed by atoms with Crippen molar-refractivity contribution in [1.29, 1.82) is 0 Å². The van der Waals surface area contributed by atoms with Gasteiger partial charge in [-0.15, -0.1) is 0 Å². The number of halogens is 2. The fourth-order valence-corrected chi connectivity index (χ4v) is 1.43. The second-order valence-electron chi connectivity index (χ2n) is 2.80. The van der Waals surface area contributed by atoms with E-state index in [-0.39, 0.29) is 11.9 Å². The van der Waals surface area contributed by atoms with E-state index in [9.17, 15) is 4.39 Å². The Morgan fingerprint density at radius 1 is 1.58 bits per heavy atom. The van der Waals surface area contributed by atoms with Crippen molar-refractivity contribution >= 4 is 15.9 Å². The Kier molecular flexibility index (Phi) is 3.23. The minimum atomic E-state index is -0.387. The van der Waals surface area contributed by atoms with Gasteiger partial charge in [-0.3, -0.25) is 0 Å². The molecule has 0 unspecified atom stereocenters. The lowest BCUT2D eigenvalue weighted by Crippen LogP contribution is -2.04. The third kappa shape index (κ3) is 2.57. The van der Waals surface area contributed by atoms with Gasteiger partial charge in [-0.1, -0.05) is 6.07 Å². The average molecular weight is 233 g/mol. The molecule has 0 spiro atoms. The topological polar surface area (TPSA) is 20.2 Å². The molecule has 0 heterocycles. The molecular weight excluding hydrogens is 223 g/mol. The summed E-state index contributed by atoms with van der Waals surface area (Å²) in [6.45, 7) is 1.71. The highest BCUT2D eigenvalue weighted by Crippen LogP contribution is 2.17. The molecule has 0 amide bonds. The zero-order valence-corrected chi connectivity index (χ0v) is 8.31. The summed E-state index contributed by atoms with van der Waals surface area (Å²) in [6.07, 6.45) is 0.168. The summed E-state index contributed by atoms with van der Waals surface area (Å²) in [7, 11) is 0. The van der Waals surface area contributed by atoms with E-state index in [2.05, 4.69) is 15.9 Å². The number of rotatable bonds is 2. The molecule has 66 valence electrons. The zero-order chi connectivity index (χ0) is 9.14. The van der Waals surface area contributed by atoms with Gasteiger partial charge in [0.2, 0.25) is 0 Å². The molecule has 0 aliphatic rings. The van der Waals surface area contributed by atoms with Crippen molar-refractivity contribution < 1.29 is 9.50 Å². The van der Waals surface area contributed by atoms with Crippen LogP contribution in [0.1, 0.15) is 12.5 Å². The van der Waals surface area contributed by atoms with E-state index >= 15 is 0 Å². The predicted molar refractivity (Wildman–Crippen MR) is 49.5 cm³/mol. The van der Waals surface area contributed by atoms with Crippen LogP contribution in [0, 0.1) is 5.82 Å². The molecule has 3 heteroatoms. The summed E-state index contributed by atoms with van der Waals surface area (Å²) < 4.78 is 13.2. The maximum atomic E-state index is 12.7. The number of aliphatic hydroxyl groups is 1. The van der Waals surface area contributed by atoms with Crippen molar-refractivity contribution in [2.24, 2.45) is 0 Å². The summed E-state index contributed by atoms with van der Waals surface area (Å²) in [5.74, 6) is -0.274. The van der Waals surface area contributed by atoms with E-state index in [1.807, 2.05) is 0 Å². The molecule has 12 heavy (non-hydrogen) atoms. The largest absolute Gasteiger partial charge is 0.393 e. The molecule has 0 aliphatic carbocycles. The van der Waals surface area contributed by atoms with Crippen LogP contribution in [-0.2, 0) is 6.42 Å². The number of hydrogen-bond acceptors (Lipinski definition) is 1. The first-order valence-corrected chi connectivity index (χ1v) is 4.51. The highest BCUT2D eigenvalue weighted by Gasteiger charge is 2.02. The number of hydrogen-bond donors (Lipinski definition) is 1. The fraction of sp³-hybridized carbons (Fsp3) is 0.333. The molecule has 0 radical (unpaired) electrons. The maximum absolute atomic E-state index is 12.7. The van der Waals surface area contributed by atoms with E-state index in [4.69, 9.17) is 5.11 Å². The Balaban J connectivity index is 2.82. The van der Waals surface area contributed by atoms with E-state index in [1.165, 1.54) is 6.07 Å². The van der Waals surface area contributed by atoms with Crippen molar-refractivity contribution in [2.75, 3.05) is 0 Å². The fourth-order valence-electron chi connectivity index (χ4n) is 1.01. The summed E-state index contributed by atoms with van der Waals surface area (Å²) in [5.41, 5.74) is 0.929. The van der Waals surface area contributed by atoms with Crippen molar-refractivity contribution in [2.45, 2.75) is 19.4 Å². The standard InChI is InChI=1S/C9H10BrFO/c1-6(12)4-7-2-3-9(11)8(10)5-7/h2-3,5-6,12H,4H2,1H3/t6-/m0/s1. The summed E-state index contributed by atoms with van der Waals surface area (Å²) in [5, 5.41) is 9.06. The van der Waals surface area contributed by atoms with Crippen molar-refractivity contribution in [3.63, 3.8) is 0 Å². The number of benzene rings is 1. The van der Waals surface area contributed by atoms with Crippen LogP contribution in [0.25, 0.3) is 0 Å². The van der Waals surface area contributed by atoms with Crippen molar-refractivity contribution in [3.05, 3.63) is 34.1 Å². The van der Waals surface area contributed by atoms with Crippen LogP contribution in [0.4, 0.5) is 4.39 Å². The van der Waals surface area contributed by atoms with Crippen LogP contribution in [0.2, 0.25) is 0 Å². The summed E-state index contributed by atoms with van der Waals surface area (Å²) in [6, 6.07) is 4.75. The van der Waals surface area contributed by atoms with Crippen molar-refractivity contribution in [3.8, 4) is 0 Å². The molecule has 1 rings (SSSR count). The van der Waals surface area contributed by atoms with Gasteiger partial charge in [0.1, 0.15) is 5.82 Å². The lowest BCUT2D eigenvalue weighted by atomic mass is 10.1. The van der Waals surface area contributed by atoms with Gasteiger partial charge < -0.3 is 5.11 Å². The minimum absolute atomic E-state index is 0.274. The van der Waals surface area contributed by atoms with Gasteiger partial charge >= 0.3 is 0 Å². The van der Waals surface area contributed by atoms with Gasteiger partial charge in [-0.2, -0.15) is 0 Å². The Morgan fingerprint density at radius 3 is 2.75 bits per heavy atom. The van der Waals surface area contributed by atoms with Gasteiger partial charge in [-0.05, 0) is 47.0 Å². The second kappa shape index (κ2) is 4.01. The summed E-state index contributed by atoms with van der Waals surface area (Å²) in [4.78, 5) is 0. The van der Waals surface area contributed by atoms with Gasteiger partial charge in [0, 0.05) is 0 Å². The molecule has 0 saturated carbocycles.